The molecule has 0 atom stereocenters. The fourth-order valence-corrected chi connectivity index (χ4v) is 2.60. The molecule has 0 radical (unpaired) electrons. The van der Waals surface area contributed by atoms with Crippen LogP contribution in [0.3, 0.4) is 0 Å². The van der Waals surface area contributed by atoms with Crippen LogP contribution in [0.15, 0.2) is 28.7 Å². The summed E-state index contributed by atoms with van der Waals surface area (Å²) in [4.78, 5) is 0. The van der Waals surface area contributed by atoms with Crippen molar-refractivity contribution in [3.8, 4) is 0 Å². The molecular weight excluding hydrogens is 191 g/mol. The minimum absolute atomic E-state index is 0.592. The first-order valence-corrected chi connectivity index (χ1v) is 4.86. The zero-order valence-corrected chi connectivity index (χ0v) is 6.84. The molecule has 2 heterocycles. The van der Waals surface area contributed by atoms with Crippen LogP contribution in [0.2, 0.25) is 0 Å². The average molecular weight is 195 g/mol. The molecule has 3 rings (SSSR count). The van der Waals surface area contributed by atoms with Crippen LogP contribution in [0, 0.1) is 0 Å². The molecule has 2 aromatic rings. The quantitative estimate of drug-likeness (QED) is 0.473. The number of fused-ring (bicyclic) bond motifs is 3. The number of hydrogen-bond acceptors (Lipinski definition) is 1. The van der Waals surface area contributed by atoms with Gasteiger partial charge < -0.3 is 0 Å². The molecule has 0 bridgehead atoms. The number of furan rings is 1. The molecule has 0 N–H and O–H groups in total. The zero-order valence-electron chi connectivity index (χ0n) is 5.13. The predicted octanol–water partition coefficient (Wildman–Crippen LogP) is 0.401. The van der Waals surface area contributed by atoms with Crippen LogP contribution in [-0.4, -0.2) is 15.0 Å². The monoisotopic (exact) mass is 196 g/mol. The topological polar surface area (TPSA) is 13.1 Å². The van der Waals surface area contributed by atoms with Crippen LogP contribution in [0.4, 0.5) is 0 Å². The van der Waals surface area contributed by atoms with Crippen molar-refractivity contribution in [1.82, 2.24) is 0 Å². The Bertz CT molecular complexity index is 403. The number of rotatable bonds is 0. The summed E-state index contributed by atoms with van der Waals surface area (Å²) in [6, 6.07) is 8.23. The number of hydrogen-bond donors (Lipinski definition) is 0. The van der Waals surface area contributed by atoms with Crippen LogP contribution in [0.5, 0.6) is 0 Å². The molecule has 0 unspecified atom stereocenters. The fourth-order valence-electron chi connectivity index (χ4n) is 1.14. The molecule has 1 aliphatic rings. The van der Waals surface area contributed by atoms with E-state index in [0.29, 0.717) is 15.0 Å². The van der Waals surface area contributed by atoms with Gasteiger partial charge in [-0.1, -0.05) is 0 Å². The fraction of sp³-hybridized carbons (Fsp3) is 0. The molecule has 0 amide bonds. The van der Waals surface area contributed by atoms with Crippen LogP contribution >= 0.6 is 0 Å². The normalized spacial score (nSPS) is 13.6. The molecule has 1 nitrogen and oxygen atoms in total. The van der Waals surface area contributed by atoms with E-state index in [4.69, 9.17) is 4.42 Å². The SMILES string of the molecule is c1ccc2c3c(oc2c1)[Se]3. The Morgan fingerprint density at radius 3 is 3.00 bits per heavy atom. The Labute approximate surface area is 64.2 Å². The van der Waals surface area contributed by atoms with Gasteiger partial charge in [0.15, 0.2) is 0 Å². The van der Waals surface area contributed by atoms with Gasteiger partial charge in [-0.3, -0.25) is 0 Å². The summed E-state index contributed by atoms with van der Waals surface area (Å²) in [5.41, 5.74) is 1.06. The molecule has 48 valence electrons. The van der Waals surface area contributed by atoms with Gasteiger partial charge in [0, 0.05) is 0 Å². The van der Waals surface area contributed by atoms with Crippen molar-refractivity contribution in [3.05, 3.63) is 24.3 Å². The van der Waals surface area contributed by atoms with Gasteiger partial charge in [-0.25, -0.2) is 0 Å². The molecule has 10 heavy (non-hydrogen) atoms. The van der Waals surface area contributed by atoms with Crippen LogP contribution in [0.25, 0.3) is 11.0 Å². The Kier molecular flexibility index (Phi) is 0.735. The first kappa shape index (κ1) is 5.00. The third-order valence-electron chi connectivity index (χ3n) is 1.67. The molecule has 1 aromatic carbocycles. The first-order chi connectivity index (χ1) is 4.95. The summed E-state index contributed by atoms with van der Waals surface area (Å²) in [5.74, 6) is 0. The van der Waals surface area contributed by atoms with Crippen molar-refractivity contribution < 1.29 is 4.42 Å². The summed E-state index contributed by atoms with van der Waals surface area (Å²) in [7, 11) is 0. The van der Waals surface area contributed by atoms with Gasteiger partial charge in [0.05, 0.1) is 0 Å². The molecule has 0 saturated heterocycles. The molecular formula is C8H4OSe. The Morgan fingerprint density at radius 1 is 1.20 bits per heavy atom. The van der Waals surface area contributed by atoms with Gasteiger partial charge in [0.25, 0.3) is 0 Å². The third-order valence-corrected chi connectivity index (χ3v) is 3.52. The van der Waals surface area contributed by atoms with Crippen molar-refractivity contribution in [2.45, 2.75) is 0 Å². The average Bonchev–Trinajstić information content (AvgIpc) is 2.64. The number of para-hydroxylation sites is 1. The maximum atomic E-state index is 5.49. The molecule has 1 aliphatic heterocycles. The van der Waals surface area contributed by atoms with Gasteiger partial charge >= 0.3 is 63.7 Å². The summed E-state index contributed by atoms with van der Waals surface area (Å²) >= 11 is 0.592. The van der Waals surface area contributed by atoms with Crippen LogP contribution < -0.4 is 9.12 Å². The summed E-state index contributed by atoms with van der Waals surface area (Å²) in [6.45, 7) is 0. The van der Waals surface area contributed by atoms with Crippen molar-refractivity contribution in [2.24, 2.45) is 0 Å². The first-order valence-electron chi connectivity index (χ1n) is 3.14. The van der Waals surface area contributed by atoms with E-state index in [1.807, 2.05) is 12.1 Å². The van der Waals surface area contributed by atoms with E-state index >= 15 is 0 Å². The van der Waals surface area contributed by atoms with Gasteiger partial charge in [-0.05, 0) is 0 Å². The second-order valence-corrected chi connectivity index (χ2v) is 4.38. The summed E-state index contributed by atoms with van der Waals surface area (Å²) in [5, 5.41) is 1.33. The van der Waals surface area contributed by atoms with E-state index < -0.39 is 0 Å². The molecule has 0 aliphatic carbocycles. The van der Waals surface area contributed by atoms with Crippen molar-refractivity contribution >= 4 is 35.0 Å². The molecule has 0 fully saturated rings. The van der Waals surface area contributed by atoms with Gasteiger partial charge in [-0.2, -0.15) is 0 Å². The van der Waals surface area contributed by atoms with Crippen molar-refractivity contribution in [2.75, 3.05) is 0 Å². The third kappa shape index (κ3) is 0.487. The predicted molar refractivity (Wildman–Crippen MR) is 41.2 cm³/mol. The second-order valence-electron chi connectivity index (χ2n) is 2.32. The molecule has 0 saturated carbocycles. The molecule has 2 heteroatoms. The van der Waals surface area contributed by atoms with Gasteiger partial charge in [-0.15, -0.1) is 0 Å². The maximum absolute atomic E-state index is 5.49. The van der Waals surface area contributed by atoms with Crippen molar-refractivity contribution in [3.63, 3.8) is 0 Å². The van der Waals surface area contributed by atoms with Crippen molar-refractivity contribution in [1.29, 1.82) is 0 Å². The van der Waals surface area contributed by atoms with Crippen LogP contribution in [0.1, 0.15) is 0 Å². The summed E-state index contributed by atoms with van der Waals surface area (Å²) < 4.78 is 8.21. The zero-order chi connectivity index (χ0) is 6.55. The van der Waals surface area contributed by atoms with E-state index in [-0.39, 0.29) is 0 Å². The molecule has 1 aromatic heterocycles. The van der Waals surface area contributed by atoms with Crippen LogP contribution in [-0.2, 0) is 0 Å². The van der Waals surface area contributed by atoms with E-state index in [0.717, 1.165) is 5.58 Å². The van der Waals surface area contributed by atoms with Gasteiger partial charge in [0.1, 0.15) is 0 Å². The standard InChI is InChI=1S/C8H4OSe/c1-2-4-6-5(3-1)7-8(9-6)10-7/h1-4H. The minimum atomic E-state index is 0.592. The van der Waals surface area contributed by atoms with E-state index in [1.165, 1.54) is 14.5 Å². The Hall–Kier alpha value is -0.721. The van der Waals surface area contributed by atoms with E-state index in [1.54, 1.807) is 0 Å². The summed E-state index contributed by atoms with van der Waals surface area (Å²) in [6.07, 6.45) is 0. The molecule has 0 spiro atoms. The van der Waals surface area contributed by atoms with E-state index in [2.05, 4.69) is 12.1 Å². The Balaban J connectivity index is 2.60. The van der Waals surface area contributed by atoms with E-state index in [9.17, 15) is 0 Å². The second kappa shape index (κ2) is 1.47. The Morgan fingerprint density at radius 2 is 2.10 bits per heavy atom. The van der Waals surface area contributed by atoms with Gasteiger partial charge in [0.2, 0.25) is 0 Å². The number of benzene rings is 1.